The molecule has 0 radical (unpaired) electrons. The molecule has 142 valence electrons. The summed E-state index contributed by atoms with van der Waals surface area (Å²) in [6.07, 6.45) is 0.240. The zero-order valence-electron chi connectivity index (χ0n) is 15.2. The fourth-order valence-corrected chi connectivity index (χ4v) is 3.99. The quantitative estimate of drug-likeness (QED) is 0.762. The largest absolute Gasteiger partial charge is 0.478 e. The summed E-state index contributed by atoms with van der Waals surface area (Å²) in [5.74, 6) is -1.67. The number of carboxylic acids is 1. The van der Waals surface area contributed by atoms with E-state index in [1.807, 2.05) is 18.7 Å². The van der Waals surface area contributed by atoms with Gasteiger partial charge in [-0.05, 0) is 37.8 Å². The lowest BCUT2D eigenvalue weighted by Gasteiger charge is -2.39. The molecule has 3 atom stereocenters. The summed E-state index contributed by atoms with van der Waals surface area (Å²) in [7, 11) is 0. The van der Waals surface area contributed by atoms with E-state index in [0.717, 1.165) is 0 Å². The van der Waals surface area contributed by atoms with Crippen LogP contribution >= 0.6 is 0 Å². The molecule has 0 spiro atoms. The smallest absolute Gasteiger partial charge is 0.336 e. The minimum absolute atomic E-state index is 0.0324. The number of hydrogen-bond donors (Lipinski definition) is 3. The Labute approximate surface area is 152 Å². The maximum atomic E-state index is 15.0. The van der Waals surface area contributed by atoms with E-state index in [-0.39, 0.29) is 23.2 Å². The van der Waals surface area contributed by atoms with Crippen LogP contribution in [0.1, 0.15) is 37.5 Å². The van der Waals surface area contributed by atoms with E-state index >= 15 is 0 Å². The van der Waals surface area contributed by atoms with Crippen molar-refractivity contribution in [3.8, 4) is 0 Å². The van der Waals surface area contributed by atoms with Gasteiger partial charge >= 0.3 is 5.97 Å². The van der Waals surface area contributed by atoms with Gasteiger partial charge in [0.2, 0.25) is 0 Å². The van der Waals surface area contributed by atoms with Crippen molar-refractivity contribution >= 4 is 17.3 Å². The van der Waals surface area contributed by atoms with Crippen molar-refractivity contribution in [2.24, 2.45) is 5.92 Å². The lowest BCUT2D eigenvalue weighted by atomic mass is 9.91. The molecule has 1 aromatic rings. The zero-order chi connectivity index (χ0) is 19.2. The van der Waals surface area contributed by atoms with Crippen LogP contribution in [-0.4, -0.2) is 47.0 Å². The average Bonchev–Trinajstić information content (AvgIpc) is 2.58. The number of fused-ring (bicyclic) bond motifs is 1. The van der Waals surface area contributed by atoms with Gasteiger partial charge in [0.1, 0.15) is 11.9 Å². The standard InChI is InChI=1S/C19H25FN2O4/c1-4-21-9-13(19(25)26)18(24)12-7-14(20)17(11(3)16(12)21)22-6-5-15(23)10(2)8-22/h7,9-10,15,18,23-24H,4-6,8H2,1-3H3,(H,25,26). The van der Waals surface area contributed by atoms with Gasteiger partial charge in [0.25, 0.3) is 0 Å². The molecule has 2 aliphatic heterocycles. The van der Waals surface area contributed by atoms with Gasteiger partial charge in [-0.25, -0.2) is 9.18 Å². The minimum Gasteiger partial charge on any atom is -0.478 e. The fourth-order valence-electron chi connectivity index (χ4n) is 3.99. The Morgan fingerprint density at radius 3 is 2.62 bits per heavy atom. The Kier molecular flexibility index (Phi) is 4.94. The van der Waals surface area contributed by atoms with Gasteiger partial charge in [-0.15, -0.1) is 0 Å². The molecule has 6 nitrogen and oxygen atoms in total. The first-order valence-electron chi connectivity index (χ1n) is 8.91. The second kappa shape index (κ2) is 6.89. The van der Waals surface area contributed by atoms with Crippen molar-refractivity contribution in [2.45, 2.75) is 39.4 Å². The number of carbonyl (C=O) groups is 1. The zero-order valence-corrected chi connectivity index (χ0v) is 15.2. The number of carboxylic acid groups (broad SMARTS) is 1. The average molecular weight is 364 g/mol. The lowest BCUT2D eigenvalue weighted by Crippen LogP contribution is -2.43. The number of halogens is 1. The number of anilines is 2. The predicted octanol–water partition coefficient (Wildman–Crippen LogP) is 2.18. The van der Waals surface area contributed by atoms with E-state index in [4.69, 9.17) is 0 Å². The summed E-state index contributed by atoms with van der Waals surface area (Å²) in [5, 5.41) is 29.7. The van der Waals surface area contributed by atoms with Crippen LogP contribution in [0, 0.1) is 18.7 Å². The van der Waals surface area contributed by atoms with Crippen LogP contribution in [0.2, 0.25) is 0 Å². The number of aliphatic hydroxyl groups is 2. The highest BCUT2D eigenvalue weighted by Crippen LogP contribution is 2.44. The van der Waals surface area contributed by atoms with E-state index in [2.05, 4.69) is 0 Å². The number of aliphatic carboxylic acids is 1. The first-order valence-corrected chi connectivity index (χ1v) is 8.91. The molecule has 26 heavy (non-hydrogen) atoms. The fraction of sp³-hybridized carbons (Fsp3) is 0.526. The van der Waals surface area contributed by atoms with Crippen LogP contribution in [0.25, 0.3) is 0 Å². The van der Waals surface area contributed by atoms with Crippen LogP contribution in [0.15, 0.2) is 17.8 Å². The maximum Gasteiger partial charge on any atom is 0.336 e. The summed E-state index contributed by atoms with van der Waals surface area (Å²) in [4.78, 5) is 15.1. The van der Waals surface area contributed by atoms with Gasteiger partial charge in [-0.1, -0.05) is 6.92 Å². The Balaban J connectivity index is 2.10. The SMILES string of the molecule is CCN1C=C(C(=O)O)C(O)c2cc(F)c(N3CCC(O)C(C)C3)c(C)c21. The van der Waals surface area contributed by atoms with Gasteiger partial charge < -0.3 is 25.1 Å². The molecular formula is C19H25FN2O4. The third-order valence-electron chi connectivity index (χ3n) is 5.43. The Morgan fingerprint density at radius 2 is 2.04 bits per heavy atom. The van der Waals surface area contributed by atoms with E-state index in [1.165, 1.54) is 12.3 Å². The highest BCUT2D eigenvalue weighted by atomic mass is 19.1. The summed E-state index contributed by atoms with van der Waals surface area (Å²) < 4.78 is 15.0. The molecule has 1 aromatic carbocycles. The minimum atomic E-state index is -1.37. The summed E-state index contributed by atoms with van der Waals surface area (Å²) >= 11 is 0. The highest BCUT2D eigenvalue weighted by molar-refractivity contribution is 5.91. The number of rotatable bonds is 3. The van der Waals surface area contributed by atoms with Crippen LogP contribution in [0.3, 0.4) is 0 Å². The van der Waals surface area contributed by atoms with E-state index in [0.29, 0.717) is 43.0 Å². The third kappa shape index (κ3) is 2.95. The number of benzene rings is 1. The second-order valence-electron chi connectivity index (χ2n) is 7.13. The van der Waals surface area contributed by atoms with Crippen LogP contribution in [-0.2, 0) is 4.79 Å². The first-order chi connectivity index (χ1) is 12.3. The van der Waals surface area contributed by atoms with Crippen LogP contribution in [0.4, 0.5) is 15.8 Å². The molecule has 1 saturated heterocycles. The molecular weight excluding hydrogens is 339 g/mol. The van der Waals surface area contributed by atoms with Crippen molar-refractivity contribution in [3.63, 3.8) is 0 Å². The number of nitrogens with zero attached hydrogens (tertiary/aromatic N) is 2. The Morgan fingerprint density at radius 1 is 1.35 bits per heavy atom. The van der Waals surface area contributed by atoms with Gasteiger partial charge in [-0.2, -0.15) is 0 Å². The van der Waals surface area contributed by atoms with Crippen molar-refractivity contribution < 1.29 is 24.5 Å². The van der Waals surface area contributed by atoms with Crippen molar-refractivity contribution in [1.29, 1.82) is 0 Å². The van der Waals surface area contributed by atoms with Gasteiger partial charge in [0.15, 0.2) is 0 Å². The first kappa shape index (κ1) is 18.7. The van der Waals surface area contributed by atoms with Gasteiger partial charge in [0.05, 0.1) is 23.1 Å². The molecule has 0 aliphatic carbocycles. The molecule has 7 heteroatoms. The second-order valence-corrected chi connectivity index (χ2v) is 7.13. The number of piperidine rings is 1. The summed E-state index contributed by atoms with van der Waals surface area (Å²) in [6, 6.07) is 1.25. The third-order valence-corrected chi connectivity index (χ3v) is 5.43. The molecule has 1 fully saturated rings. The Hall–Kier alpha value is -2.12. The molecule has 3 rings (SSSR count). The molecule has 0 bridgehead atoms. The molecule has 2 heterocycles. The lowest BCUT2D eigenvalue weighted by molar-refractivity contribution is -0.133. The topological polar surface area (TPSA) is 84.2 Å². The highest BCUT2D eigenvalue weighted by Gasteiger charge is 2.34. The number of hydrogen-bond acceptors (Lipinski definition) is 5. The maximum absolute atomic E-state index is 15.0. The molecule has 0 amide bonds. The normalized spacial score (nSPS) is 25.8. The van der Waals surface area contributed by atoms with Crippen LogP contribution in [0.5, 0.6) is 0 Å². The predicted molar refractivity (Wildman–Crippen MR) is 96.8 cm³/mol. The van der Waals surface area contributed by atoms with Gasteiger partial charge in [-0.3, -0.25) is 0 Å². The molecule has 3 unspecified atom stereocenters. The molecule has 0 aromatic heterocycles. The summed E-state index contributed by atoms with van der Waals surface area (Å²) in [6.45, 7) is 7.20. The van der Waals surface area contributed by atoms with E-state index < -0.39 is 17.9 Å². The number of aliphatic hydroxyl groups excluding tert-OH is 2. The Bertz CT molecular complexity index is 764. The molecule has 3 N–H and O–H groups in total. The monoisotopic (exact) mass is 364 g/mol. The van der Waals surface area contributed by atoms with Crippen molar-refractivity contribution in [2.75, 3.05) is 29.4 Å². The van der Waals surface area contributed by atoms with Gasteiger partial charge in [0, 0.05) is 31.4 Å². The molecule has 2 aliphatic rings. The van der Waals surface area contributed by atoms with Crippen molar-refractivity contribution in [3.05, 3.63) is 34.8 Å². The van der Waals surface area contributed by atoms with Crippen molar-refractivity contribution in [1.82, 2.24) is 0 Å². The van der Waals surface area contributed by atoms with E-state index in [9.17, 15) is 24.5 Å². The van der Waals surface area contributed by atoms with Crippen LogP contribution < -0.4 is 9.80 Å². The summed E-state index contributed by atoms with van der Waals surface area (Å²) in [5.41, 5.74) is 1.89. The molecule has 0 saturated carbocycles. The van der Waals surface area contributed by atoms with E-state index in [1.54, 1.807) is 11.8 Å².